The summed E-state index contributed by atoms with van der Waals surface area (Å²) in [5.74, 6) is 0.704. The van der Waals surface area contributed by atoms with Crippen molar-refractivity contribution in [3.05, 3.63) is 0 Å². The standard InChI is InChI=1S/C15H25NO2/c1-14(2)9-12(10-14)13(17)16-7-4-3-5-15(16)6-8-18-11-15/h12H,3-11H2,1-2H3. The molecule has 2 aliphatic heterocycles. The highest BCUT2D eigenvalue weighted by Crippen LogP contribution is 2.47. The SMILES string of the molecule is CC1(C)CC(C(=O)N2CCCCC23CCOC3)C1. The van der Waals surface area contributed by atoms with Gasteiger partial charge in [0, 0.05) is 19.1 Å². The van der Waals surface area contributed by atoms with Gasteiger partial charge in [0.15, 0.2) is 0 Å². The van der Waals surface area contributed by atoms with Crippen molar-refractivity contribution in [3.8, 4) is 0 Å². The minimum Gasteiger partial charge on any atom is -0.379 e. The van der Waals surface area contributed by atoms with E-state index in [1.165, 1.54) is 12.8 Å². The van der Waals surface area contributed by atoms with Gasteiger partial charge in [-0.15, -0.1) is 0 Å². The molecule has 1 saturated carbocycles. The molecule has 0 aromatic heterocycles. The summed E-state index contributed by atoms with van der Waals surface area (Å²) < 4.78 is 5.60. The number of amides is 1. The number of ether oxygens (including phenoxy) is 1. The van der Waals surface area contributed by atoms with Gasteiger partial charge in [0.2, 0.25) is 5.91 Å². The first-order valence-electron chi connectivity index (χ1n) is 7.42. The number of carbonyl (C=O) groups is 1. The molecule has 3 heteroatoms. The van der Waals surface area contributed by atoms with Crippen LogP contribution in [0.4, 0.5) is 0 Å². The first-order valence-corrected chi connectivity index (χ1v) is 7.42. The zero-order chi connectivity index (χ0) is 12.8. The second-order valence-electron chi connectivity index (χ2n) is 7.24. The third kappa shape index (κ3) is 1.97. The molecule has 1 amide bonds. The third-order valence-electron chi connectivity index (χ3n) is 5.14. The monoisotopic (exact) mass is 251 g/mol. The van der Waals surface area contributed by atoms with Crippen LogP contribution in [-0.4, -0.2) is 36.1 Å². The van der Waals surface area contributed by atoms with Gasteiger partial charge in [0.05, 0.1) is 12.1 Å². The Kier molecular flexibility index (Phi) is 2.92. The third-order valence-corrected chi connectivity index (χ3v) is 5.14. The summed E-state index contributed by atoms with van der Waals surface area (Å²) in [5, 5.41) is 0. The molecule has 0 radical (unpaired) electrons. The summed E-state index contributed by atoms with van der Waals surface area (Å²) >= 11 is 0. The van der Waals surface area contributed by atoms with E-state index in [9.17, 15) is 4.79 Å². The van der Waals surface area contributed by atoms with E-state index in [-0.39, 0.29) is 11.5 Å². The predicted octanol–water partition coefficient (Wildman–Crippen LogP) is 2.59. The molecule has 2 saturated heterocycles. The molecular formula is C15H25NO2. The zero-order valence-electron chi connectivity index (χ0n) is 11.7. The Hall–Kier alpha value is -0.570. The lowest BCUT2D eigenvalue weighted by Crippen LogP contribution is -2.58. The Bertz CT molecular complexity index is 336. The van der Waals surface area contributed by atoms with Crippen LogP contribution in [0.1, 0.15) is 52.4 Å². The lowest BCUT2D eigenvalue weighted by molar-refractivity contribution is -0.151. The Morgan fingerprint density at radius 2 is 2.00 bits per heavy atom. The molecule has 3 nitrogen and oxygen atoms in total. The van der Waals surface area contributed by atoms with Crippen molar-refractivity contribution >= 4 is 5.91 Å². The highest BCUT2D eigenvalue weighted by atomic mass is 16.5. The summed E-state index contributed by atoms with van der Waals surface area (Å²) in [6, 6.07) is 0. The van der Waals surface area contributed by atoms with E-state index >= 15 is 0 Å². The molecule has 0 bridgehead atoms. The molecule has 1 unspecified atom stereocenters. The molecule has 0 aromatic rings. The number of hydrogen-bond donors (Lipinski definition) is 0. The molecule has 3 fully saturated rings. The molecule has 1 aliphatic carbocycles. The van der Waals surface area contributed by atoms with Crippen molar-refractivity contribution in [3.63, 3.8) is 0 Å². The maximum Gasteiger partial charge on any atom is 0.226 e. The highest BCUT2D eigenvalue weighted by Gasteiger charge is 2.49. The Balaban J connectivity index is 1.71. The van der Waals surface area contributed by atoms with Crippen molar-refractivity contribution < 1.29 is 9.53 Å². The number of rotatable bonds is 1. The number of piperidine rings is 1. The minimum atomic E-state index is 0.0645. The number of carbonyl (C=O) groups excluding carboxylic acids is 1. The fourth-order valence-corrected chi connectivity index (χ4v) is 4.12. The maximum atomic E-state index is 12.7. The fourth-order valence-electron chi connectivity index (χ4n) is 4.12. The zero-order valence-corrected chi connectivity index (χ0v) is 11.7. The number of likely N-dealkylation sites (tertiary alicyclic amines) is 1. The van der Waals surface area contributed by atoms with E-state index in [0.717, 1.165) is 45.4 Å². The van der Waals surface area contributed by atoms with Crippen LogP contribution < -0.4 is 0 Å². The van der Waals surface area contributed by atoms with E-state index in [1.54, 1.807) is 0 Å². The summed E-state index contributed by atoms with van der Waals surface area (Å²) in [4.78, 5) is 14.9. The smallest absolute Gasteiger partial charge is 0.226 e. The minimum absolute atomic E-state index is 0.0645. The van der Waals surface area contributed by atoms with Gasteiger partial charge in [0.25, 0.3) is 0 Å². The van der Waals surface area contributed by atoms with Crippen molar-refractivity contribution in [2.45, 2.75) is 57.9 Å². The molecule has 1 spiro atoms. The summed E-state index contributed by atoms with van der Waals surface area (Å²) in [5.41, 5.74) is 0.449. The normalized spacial score (nSPS) is 35.8. The van der Waals surface area contributed by atoms with Crippen molar-refractivity contribution in [2.24, 2.45) is 11.3 Å². The van der Waals surface area contributed by atoms with Crippen LogP contribution in [-0.2, 0) is 9.53 Å². The van der Waals surface area contributed by atoms with E-state index < -0.39 is 0 Å². The van der Waals surface area contributed by atoms with Crippen LogP contribution in [0.5, 0.6) is 0 Å². The van der Waals surface area contributed by atoms with Gasteiger partial charge >= 0.3 is 0 Å². The van der Waals surface area contributed by atoms with E-state index in [4.69, 9.17) is 4.74 Å². The molecule has 3 aliphatic rings. The molecule has 0 aromatic carbocycles. The Morgan fingerprint density at radius 1 is 1.22 bits per heavy atom. The molecule has 18 heavy (non-hydrogen) atoms. The van der Waals surface area contributed by atoms with Crippen LogP contribution in [0.3, 0.4) is 0 Å². The molecule has 102 valence electrons. The average molecular weight is 251 g/mol. The topological polar surface area (TPSA) is 29.5 Å². The van der Waals surface area contributed by atoms with Crippen molar-refractivity contribution in [1.29, 1.82) is 0 Å². The van der Waals surface area contributed by atoms with Gasteiger partial charge in [0.1, 0.15) is 0 Å². The molecular weight excluding hydrogens is 226 g/mol. The van der Waals surface area contributed by atoms with Crippen molar-refractivity contribution in [2.75, 3.05) is 19.8 Å². The van der Waals surface area contributed by atoms with Gasteiger partial charge in [-0.25, -0.2) is 0 Å². The first kappa shape index (κ1) is 12.5. The lowest BCUT2D eigenvalue weighted by atomic mass is 9.63. The summed E-state index contributed by atoms with van der Waals surface area (Å²) in [6.45, 7) is 7.09. The summed E-state index contributed by atoms with van der Waals surface area (Å²) in [6.07, 6.45) is 6.76. The predicted molar refractivity (Wildman–Crippen MR) is 70.2 cm³/mol. The van der Waals surface area contributed by atoms with Crippen LogP contribution >= 0.6 is 0 Å². The Labute approximate surface area is 110 Å². The van der Waals surface area contributed by atoms with Crippen LogP contribution in [0.25, 0.3) is 0 Å². The van der Waals surface area contributed by atoms with Gasteiger partial charge in [-0.1, -0.05) is 13.8 Å². The van der Waals surface area contributed by atoms with E-state index in [1.807, 2.05) is 0 Å². The quantitative estimate of drug-likeness (QED) is 0.717. The number of hydrogen-bond acceptors (Lipinski definition) is 2. The maximum absolute atomic E-state index is 12.7. The molecule has 0 N–H and O–H groups in total. The molecule has 2 heterocycles. The highest BCUT2D eigenvalue weighted by molar-refractivity contribution is 5.81. The van der Waals surface area contributed by atoms with E-state index in [2.05, 4.69) is 18.7 Å². The van der Waals surface area contributed by atoms with Crippen LogP contribution in [0, 0.1) is 11.3 Å². The van der Waals surface area contributed by atoms with Gasteiger partial charge in [-0.2, -0.15) is 0 Å². The van der Waals surface area contributed by atoms with Gasteiger partial charge < -0.3 is 9.64 Å². The van der Waals surface area contributed by atoms with Crippen LogP contribution in [0.15, 0.2) is 0 Å². The van der Waals surface area contributed by atoms with Crippen molar-refractivity contribution in [1.82, 2.24) is 4.90 Å². The largest absolute Gasteiger partial charge is 0.379 e. The second kappa shape index (κ2) is 4.22. The lowest BCUT2D eigenvalue weighted by Gasteiger charge is -2.49. The first-order chi connectivity index (χ1) is 8.53. The van der Waals surface area contributed by atoms with Crippen LogP contribution in [0.2, 0.25) is 0 Å². The second-order valence-corrected chi connectivity index (χ2v) is 7.24. The average Bonchev–Trinajstić information content (AvgIpc) is 2.75. The van der Waals surface area contributed by atoms with Gasteiger partial charge in [-0.3, -0.25) is 4.79 Å². The summed E-state index contributed by atoms with van der Waals surface area (Å²) in [7, 11) is 0. The fraction of sp³-hybridized carbons (Fsp3) is 0.933. The molecule has 3 rings (SSSR count). The number of nitrogens with zero attached hydrogens (tertiary/aromatic N) is 1. The molecule has 1 atom stereocenters. The van der Waals surface area contributed by atoms with Gasteiger partial charge in [-0.05, 0) is 43.9 Å². The van der Waals surface area contributed by atoms with E-state index in [0.29, 0.717) is 11.3 Å². The Morgan fingerprint density at radius 3 is 2.61 bits per heavy atom.